The lowest BCUT2D eigenvalue weighted by Gasteiger charge is -2.36. The molecule has 2 aromatic rings. The molecule has 0 bridgehead atoms. The average Bonchev–Trinajstić information content (AvgIpc) is 2.60. The van der Waals surface area contributed by atoms with Gasteiger partial charge in [0.15, 0.2) is 0 Å². The van der Waals surface area contributed by atoms with Gasteiger partial charge in [0.25, 0.3) is 5.91 Å². The van der Waals surface area contributed by atoms with Gasteiger partial charge in [-0.25, -0.2) is 14.4 Å². The number of carbonyl (C=O) groups is 1. The number of benzene rings is 1. The summed E-state index contributed by atoms with van der Waals surface area (Å²) in [6.45, 7) is 8.25. The van der Waals surface area contributed by atoms with Crippen LogP contribution in [-0.2, 0) is 0 Å². The van der Waals surface area contributed by atoms with E-state index in [1.807, 2.05) is 31.7 Å². The maximum absolute atomic E-state index is 13.9. The summed E-state index contributed by atoms with van der Waals surface area (Å²) in [4.78, 5) is 25.0. The molecule has 0 unspecified atom stereocenters. The summed E-state index contributed by atoms with van der Waals surface area (Å²) < 4.78 is 13.9. The lowest BCUT2D eigenvalue weighted by Crippen LogP contribution is -2.49. The van der Waals surface area contributed by atoms with Crippen molar-refractivity contribution in [1.82, 2.24) is 14.9 Å². The summed E-state index contributed by atoms with van der Waals surface area (Å²) in [5, 5.41) is 3.17. The Morgan fingerprint density at radius 1 is 1.12 bits per heavy atom. The van der Waals surface area contributed by atoms with Crippen molar-refractivity contribution in [3.8, 4) is 0 Å². The van der Waals surface area contributed by atoms with Crippen LogP contribution in [0.4, 0.5) is 16.0 Å². The number of rotatable bonds is 3. The minimum atomic E-state index is -0.235. The number of aromatic nitrogens is 2. The molecular weight excluding hydrogens is 333 g/mol. The van der Waals surface area contributed by atoms with Gasteiger partial charge in [-0.2, -0.15) is 0 Å². The normalized spacial score (nSPS) is 15.1. The highest BCUT2D eigenvalue weighted by atomic mass is 19.1. The molecule has 1 aliphatic heterocycles. The van der Waals surface area contributed by atoms with E-state index in [1.165, 1.54) is 6.07 Å². The summed E-state index contributed by atoms with van der Waals surface area (Å²) in [6, 6.07) is 8.34. The highest BCUT2D eigenvalue weighted by molar-refractivity contribution is 5.92. The fourth-order valence-corrected chi connectivity index (χ4v) is 2.89. The van der Waals surface area contributed by atoms with E-state index < -0.39 is 0 Å². The van der Waals surface area contributed by atoms with Crippen LogP contribution >= 0.6 is 0 Å². The highest BCUT2D eigenvalue weighted by Gasteiger charge is 2.24. The van der Waals surface area contributed by atoms with E-state index in [0.717, 1.165) is 0 Å². The van der Waals surface area contributed by atoms with Gasteiger partial charge >= 0.3 is 0 Å². The number of hydrogen-bond acceptors (Lipinski definition) is 5. The van der Waals surface area contributed by atoms with Crippen LogP contribution in [-0.4, -0.2) is 52.5 Å². The summed E-state index contributed by atoms with van der Waals surface area (Å²) in [6.07, 6.45) is 1.59. The summed E-state index contributed by atoms with van der Waals surface area (Å²) >= 11 is 0. The lowest BCUT2D eigenvalue weighted by molar-refractivity contribution is 0.0740. The van der Waals surface area contributed by atoms with E-state index in [-0.39, 0.29) is 17.3 Å². The van der Waals surface area contributed by atoms with E-state index in [2.05, 4.69) is 15.3 Å². The van der Waals surface area contributed by atoms with Crippen molar-refractivity contribution in [2.75, 3.05) is 36.4 Å². The second kappa shape index (κ2) is 7.27. The van der Waals surface area contributed by atoms with Crippen LogP contribution in [0.5, 0.6) is 0 Å². The van der Waals surface area contributed by atoms with Crippen LogP contribution in [0.1, 0.15) is 31.3 Å². The maximum Gasteiger partial charge on any atom is 0.272 e. The third-order valence-electron chi connectivity index (χ3n) is 4.12. The molecule has 7 heteroatoms. The van der Waals surface area contributed by atoms with E-state index in [4.69, 9.17) is 0 Å². The third-order valence-corrected chi connectivity index (χ3v) is 4.12. The van der Waals surface area contributed by atoms with Crippen LogP contribution in [0.2, 0.25) is 0 Å². The first-order valence-corrected chi connectivity index (χ1v) is 8.73. The molecule has 1 amide bonds. The van der Waals surface area contributed by atoms with Crippen molar-refractivity contribution < 1.29 is 9.18 Å². The third kappa shape index (κ3) is 4.28. The van der Waals surface area contributed by atoms with E-state index in [9.17, 15) is 9.18 Å². The standard InChI is InChI=1S/C19H24FN5O/c1-19(2,3)23-18-21-9-8-15(22-18)17(26)25-12-10-24(11-13-25)16-7-5-4-6-14(16)20/h4-9H,10-13H2,1-3H3,(H,21,22,23). The summed E-state index contributed by atoms with van der Waals surface area (Å²) in [5.41, 5.74) is 0.761. The molecule has 1 fully saturated rings. The molecule has 0 saturated carbocycles. The summed E-state index contributed by atoms with van der Waals surface area (Å²) in [7, 11) is 0. The Morgan fingerprint density at radius 2 is 1.81 bits per heavy atom. The fraction of sp³-hybridized carbons (Fsp3) is 0.421. The Hall–Kier alpha value is -2.70. The molecule has 6 nitrogen and oxygen atoms in total. The van der Waals surface area contributed by atoms with E-state index in [0.29, 0.717) is 43.5 Å². The van der Waals surface area contributed by atoms with Crippen molar-refractivity contribution in [3.63, 3.8) is 0 Å². The SMILES string of the molecule is CC(C)(C)Nc1nccc(C(=O)N2CCN(c3ccccc3F)CC2)n1. The quantitative estimate of drug-likeness (QED) is 0.915. The number of carbonyl (C=O) groups excluding carboxylic acids is 1. The molecule has 1 aromatic heterocycles. The van der Waals surface area contributed by atoms with E-state index >= 15 is 0 Å². The zero-order valence-corrected chi connectivity index (χ0v) is 15.4. The van der Waals surface area contributed by atoms with Crippen LogP contribution in [0.15, 0.2) is 36.5 Å². The lowest BCUT2D eigenvalue weighted by atomic mass is 10.1. The molecule has 1 N–H and O–H groups in total. The average molecular weight is 357 g/mol. The largest absolute Gasteiger partial charge is 0.366 e. The van der Waals surface area contributed by atoms with Gasteiger partial charge in [0.1, 0.15) is 11.5 Å². The Kier molecular flexibility index (Phi) is 5.06. The van der Waals surface area contributed by atoms with Crippen molar-refractivity contribution in [3.05, 3.63) is 48.0 Å². The predicted molar refractivity (Wildman–Crippen MR) is 99.9 cm³/mol. The van der Waals surface area contributed by atoms with Gasteiger partial charge in [0.2, 0.25) is 5.95 Å². The van der Waals surface area contributed by atoms with Crippen LogP contribution in [0.25, 0.3) is 0 Å². The Balaban J connectivity index is 1.65. The molecular formula is C19H24FN5O. The fourth-order valence-electron chi connectivity index (χ4n) is 2.89. The van der Waals surface area contributed by atoms with Crippen molar-refractivity contribution >= 4 is 17.5 Å². The first-order chi connectivity index (χ1) is 12.3. The van der Waals surface area contributed by atoms with Gasteiger partial charge in [-0.15, -0.1) is 0 Å². The Morgan fingerprint density at radius 3 is 2.46 bits per heavy atom. The van der Waals surface area contributed by atoms with Crippen molar-refractivity contribution in [1.29, 1.82) is 0 Å². The van der Waals surface area contributed by atoms with Crippen LogP contribution < -0.4 is 10.2 Å². The zero-order valence-electron chi connectivity index (χ0n) is 15.4. The number of nitrogens with one attached hydrogen (secondary N) is 1. The molecule has 0 radical (unpaired) electrons. The predicted octanol–water partition coefficient (Wildman–Crippen LogP) is 2.79. The number of anilines is 2. The van der Waals surface area contributed by atoms with Gasteiger partial charge < -0.3 is 15.1 Å². The van der Waals surface area contributed by atoms with Crippen LogP contribution in [0, 0.1) is 5.82 Å². The monoisotopic (exact) mass is 357 g/mol. The molecule has 0 spiro atoms. The second-order valence-corrected chi connectivity index (χ2v) is 7.37. The first kappa shape index (κ1) is 18.1. The number of halogens is 1. The number of para-hydroxylation sites is 1. The van der Waals surface area contributed by atoms with Gasteiger partial charge in [-0.05, 0) is 39.0 Å². The molecule has 1 saturated heterocycles. The molecule has 26 heavy (non-hydrogen) atoms. The van der Waals surface area contributed by atoms with Crippen molar-refractivity contribution in [2.24, 2.45) is 0 Å². The van der Waals surface area contributed by atoms with Gasteiger partial charge in [-0.3, -0.25) is 4.79 Å². The molecule has 0 aliphatic carbocycles. The van der Waals surface area contributed by atoms with Crippen LogP contribution in [0.3, 0.4) is 0 Å². The number of nitrogens with zero attached hydrogens (tertiary/aromatic N) is 4. The van der Waals surface area contributed by atoms with E-state index in [1.54, 1.807) is 29.3 Å². The minimum Gasteiger partial charge on any atom is -0.366 e. The molecule has 138 valence electrons. The summed E-state index contributed by atoms with van der Waals surface area (Å²) in [5.74, 6) is 0.0758. The van der Waals surface area contributed by atoms with Gasteiger partial charge in [-0.1, -0.05) is 12.1 Å². The zero-order chi connectivity index (χ0) is 18.7. The minimum absolute atomic E-state index is 0.127. The Bertz CT molecular complexity index is 781. The maximum atomic E-state index is 13.9. The second-order valence-electron chi connectivity index (χ2n) is 7.37. The molecule has 2 heterocycles. The van der Waals surface area contributed by atoms with Gasteiger partial charge in [0, 0.05) is 37.9 Å². The molecule has 0 atom stereocenters. The molecule has 1 aliphatic rings. The van der Waals surface area contributed by atoms with Gasteiger partial charge in [0.05, 0.1) is 5.69 Å². The highest BCUT2D eigenvalue weighted by Crippen LogP contribution is 2.20. The van der Waals surface area contributed by atoms with Crippen molar-refractivity contribution in [2.45, 2.75) is 26.3 Å². The number of hydrogen-bond donors (Lipinski definition) is 1. The number of amides is 1. The number of piperazine rings is 1. The smallest absolute Gasteiger partial charge is 0.272 e. The molecule has 3 rings (SSSR count). The first-order valence-electron chi connectivity index (χ1n) is 8.73. The molecule has 1 aromatic carbocycles. The Labute approximate surface area is 153 Å². The topological polar surface area (TPSA) is 61.4 Å².